The zero-order valence-corrected chi connectivity index (χ0v) is 13.4. The summed E-state index contributed by atoms with van der Waals surface area (Å²) in [5, 5.41) is 5.56. The first kappa shape index (κ1) is 17.9. The maximum atomic E-state index is 13.0. The number of halogens is 3. The third-order valence-electron chi connectivity index (χ3n) is 3.15. The SMILES string of the molecule is O=C(CC(=O)Nc1ccc(F)c(F)c1)NCCc1cccc(Cl)c1. The van der Waals surface area contributed by atoms with Crippen molar-refractivity contribution in [3.8, 4) is 0 Å². The summed E-state index contributed by atoms with van der Waals surface area (Å²) >= 11 is 5.86. The number of benzene rings is 2. The van der Waals surface area contributed by atoms with Crippen LogP contribution in [0.5, 0.6) is 0 Å². The molecule has 24 heavy (non-hydrogen) atoms. The average Bonchev–Trinajstić information content (AvgIpc) is 2.51. The van der Waals surface area contributed by atoms with Crippen LogP contribution in [-0.2, 0) is 16.0 Å². The number of carbonyl (C=O) groups excluding carboxylic acids is 2. The second-order valence-corrected chi connectivity index (χ2v) is 5.52. The van der Waals surface area contributed by atoms with Gasteiger partial charge in [0.2, 0.25) is 11.8 Å². The van der Waals surface area contributed by atoms with Gasteiger partial charge in [0.05, 0.1) is 0 Å². The van der Waals surface area contributed by atoms with Crippen LogP contribution in [0.25, 0.3) is 0 Å². The molecule has 0 aliphatic carbocycles. The van der Waals surface area contributed by atoms with Crippen LogP contribution >= 0.6 is 11.6 Å². The highest BCUT2D eigenvalue weighted by Gasteiger charge is 2.10. The molecule has 0 spiro atoms. The molecule has 0 heterocycles. The van der Waals surface area contributed by atoms with Crippen molar-refractivity contribution in [3.05, 3.63) is 64.7 Å². The minimum atomic E-state index is -1.07. The molecule has 126 valence electrons. The molecule has 0 bridgehead atoms. The third kappa shape index (κ3) is 5.62. The van der Waals surface area contributed by atoms with Gasteiger partial charge in [-0.25, -0.2) is 8.78 Å². The van der Waals surface area contributed by atoms with Gasteiger partial charge >= 0.3 is 0 Å². The molecule has 0 radical (unpaired) electrons. The van der Waals surface area contributed by atoms with Crippen LogP contribution in [0, 0.1) is 11.6 Å². The van der Waals surface area contributed by atoms with E-state index in [0.29, 0.717) is 18.0 Å². The molecule has 2 rings (SSSR count). The maximum Gasteiger partial charge on any atom is 0.233 e. The summed E-state index contributed by atoms with van der Waals surface area (Å²) in [6, 6.07) is 10.2. The molecule has 2 amide bonds. The van der Waals surface area contributed by atoms with Crippen LogP contribution in [-0.4, -0.2) is 18.4 Å². The van der Waals surface area contributed by atoms with Crippen molar-refractivity contribution in [1.29, 1.82) is 0 Å². The van der Waals surface area contributed by atoms with Gasteiger partial charge in [-0.1, -0.05) is 23.7 Å². The Kier molecular flexibility index (Phi) is 6.26. The maximum absolute atomic E-state index is 13.0. The lowest BCUT2D eigenvalue weighted by molar-refractivity contribution is -0.126. The van der Waals surface area contributed by atoms with Crippen LogP contribution in [0.3, 0.4) is 0 Å². The van der Waals surface area contributed by atoms with Gasteiger partial charge in [-0.05, 0) is 36.2 Å². The predicted octanol–water partition coefficient (Wildman–Crippen LogP) is 3.31. The molecule has 2 aromatic carbocycles. The van der Waals surface area contributed by atoms with E-state index < -0.39 is 29.9 Å². The molecule has 0 unspecified atom stereocenters. The molecule has 0 saturated carbocycles. The van der Waals surface area contributed by atoms with Crippen molar-refractivity contribution in [2.24, 2.45) is 0 Å². The smallest absolute Gasteiger partial charge is 0.233 e. The van der Waals surface area contributed by atoms with Gasteiger partial charge in [0.15, 0.2) is 11.6 Å². The number of carbonyl (C=O) groups is 2. The molecule has 0 saturated heterocycles. The zero-order chi connectivity index (χ0) is 17.5. The molecule has 4 nitrogen and oxygen atoms in total. The van der Waals surface area contributed by atoms with Crippen molar-refractivity contribution in [2.45, 2.75) is 12.8 Å². The molecule has 0 atom stereocenters. The third-order valence-corrected chi connectivity index (χ3v) is 3.38. The minimum Gasteiger partial charge on any atom is -0.355 e. The number of anilines is 1. The fraction of sp³-hybridized carbons (Fsp3) is 0.176. The van der Waals surface area contributed by atoms with Crippen molar-refractivity contribution in [3.63, 3.8) is 0 Å². The Hall–Kier alpha value is -2.47. The van der Waals surface area contributed by atoms with Gasteiger partial charge in [0.1, 0.15) is 6.42 Å². The first-order valence-corrected chi connectivity index (χ1v) is 7.58. The quantitative estimate of drug-likeness (QED) is 0.784. The monoisotopic (exact) mass is 352 g/mol. The second kappa shape index (κ2) is 8.40. The van der Waals surface area contributed by atoms with E-state index in [0.717, 1.165) is 17.7 Å². The van der Waals surface area contributed by atoms with Crippen LogP contribution < -0.4 is 10.6 Å². The highest BCUT2D eigenvalue weighted by molar-refractivity contribution is 6.30. The van der Waals surface area contributed by atoms with Crippen LogP contribution in [0.4, 0.5) is 14.5 Å². The van der Waals surface area contributed by atoms with E-state index in [1.165, 1.54) is 6.07 Å². The van der Waals surface area contributed by atoms with E-state index in [1.807, 2.05) is 12.1 Å². The van der Waals surface area contributed by atoms with E-state index >= 15 is 0 Å². The Morgan fingerprint density at radius 3 is 2.50 bits per heavy atom. The summed E-state index contributed by atoms with van der Waals surface area (Å²) in [6.45, 7) is 0.359. The molecule has 0 aliphatic heterocycles. The Labute approximate surface area is 142 Å². The topological polar surface area (TPSA) is 58.2 Å². The molecular formula is C17H15ClF2N2O2. The van der Waals surface area contributed by atoms with Gasteiger partial charge in [-0.2, -0.15) is 0 Å². The van der Waals surface area contributed by atoms with Crippen molar-refractivity contribution >= 4 is 29.1 Å². The molecule has 2 N–H and O–H groups in total. The highest BCUT2D eigenvalue weighted by atomic mass is 35.5. The molecule has 0 aromatic heterocycles. The van der Waals surface area contributed by atoms with E-state index in [1.54, 1.807) is 12.1 Å². The Morgan fingerprint density at radius 2 is 1.79 bits per heavy atom. The fourth-order valence-electron chi connectivity index (χ4n) is 2.03. The number of hydrogen-bond acceptors (Lipinski definition) is 2. The summed E-state index contributed by atoms with van der Waals surface area (Å²) in [5.41, 5.74) is 1.06. The summed E-state index contributed by atoms with van der Waals surface area (Å²) in [4.78, 5) is 23.4. The normalized spacial score (nSPS) is 10.3. The van der Waals surface area contributed by atoms with Crippen LogP contribution in [0.1, 0.15) is 12.0 Å². The van der Waals surface area contributed by atoms with Crippen molar-refractivity contribution in [1.82, 2.24) is 5.32 Å². The Morgan fingerprint density at radius 1 is 1.00 bits per heavy atom. The molecule has 0 aliphatic rings. The van der Waals surface area contributed by atoms with E-state index in [-0.39, 0.29) is 5.69 Å². The second-order valence-electron chi connectivity index (χ2n) is 5.08. The van der Waals surface area contributed by atoms with Gasteiger partial charge in [-0.3, -0.25) is 9.59 Å². The van der Waals surface area contributed by atoms with Crippen LogP contribution in [0.15, 0.2) is 42.5 Å². The lowest BCUT2D eigenvalue weighted by Crippen LogP contribution is -2.29. The fourth-order valence-corrected chi connectivity index (χ4v) is 2.24. The standard InChI is InChI=1S/C17H15ClF2N2O2/c18-12-3-1-2-11(8-12)6-7-21-16(23)10-17(24)22-13-4-5-14(19)15(20)9-13/h1-5,8-9H,6-7,10H2,(H,21,23)(H,22,24). The van der Waals surface area contributed by atoms with Gasteiger partial charge in [-0.15, -0.1) is 0 Å². The number of amides is 2. The van der Waals surface area contributed by atoms with Gasteiger partial charge < -0.3 is 10.6 Å². The number of nitrogens with one attached hydrogen (secondary N) is 2. The molecular weight excluding hydrogens is 338 g/mol. The Balaban J connectivity index is 1.75. The predicted molar refractivity (Wildman–Crippen MR) is 87.8 cm³/mol. The zero-order valence-electron chi connectivity index (χ0n) is 12.6. The number of hydrogen-bond donors (Lipinski definition) is 2. The average molecular weight is 353 g/mol. The lowest BCUT2D eigenvalue weighted by atomic mass is 10.1. The van der Waals surface area contributed by atoms with E-state index in [9.17, 15) is 18.4 Å². The largest absolute Gasteiger partial charge is 0.355 e. The van der Waals surface area contributed by atoms with E-state index in [4.69, 9.17) is 11.6 Å². The van der Waals surface area contributed by atoms with Gasteiger partial charge in [0, 0.05) is 23.3 Å². The Bertz CT molecular complexity index is 753. The first-order chi connectivity index (χ1) is 11.4. The molecule has 7 heteroatoms. The summed E-state index contributed by atoms with van der Waals surface area (Å²) < 4.78 is 25.8. The van der Waals surface area contributed by atoms with Gasteiger partial charge in [0.25, 0.3) is 0 Å². The van der Waals surface area contributed by atoms with Crippen LogP contribution in [0.2, 0.25) is 5.02 Å². The molecule has 0 fully saturated rings. The lowest BCUT2D eigenvalue weighted by Gasteiger charge is -2.07. The highest BCUT2D eigenvalue weighted by Crippen LogP contribution is 2.13. The van der Waals surface area contributed by atoms with E-state index in [2.05, 4.69) is 10.6 Å². The van der Waals surface area contributed by atoms with Crippen molar-refractivity contribution in [2.75, 3.05) is 11.9 Å². The summed E-state index contributed by atoms with van der Waals surface area (Å²) in [7, 11) is 0. The summed E-state index contributed by atoms with van der Waals surface area (Å²) in [6.07, 6.45) is 0.172. The number of rotatable bonds is 6. The van der Waals surface area contributed by atoms with Crippen molar-refractivity contribution < 1.29 is 18.4 Å². The first-order valence-electron chi connectivity index (χ1n) is 7.20. The minimum absolute atomic E-state index is 0.0885. The molecule has 2 aromatic rings. The summed E-state index contributed by atoms with van der Waals surface area (Å²) in [5.74, 6) is -3.15.